The zero-order chi connectivity index (χ0) is 14.9. The molecule has 0 aliphatic carbocycles. The van der Waals surface area contributed by atoms with E-state index in [-0.39, 0.29) is 12.0 Å². The largest absolute Gasteiger partial charge is 0.422 e. The molecule has 1 aliphatic heterocycles. The van der Waals surface area contributed by atoms with Crippen LogP contribution in [0.4, 0.5) is 5.69 Å². The summed E-state index contributed by atoms with van der Waals surface area (Å²) in [6.45, 7) is 2.91. The predicted molar refractivity (Wildman–Crippen MR) is 69.6 cm³/mol. The molecule has 1 aromatic carbocycles. The Labute approximate surface area is 115 Å². The fourth-order valence-corrected chi connectivity index (χ4v) is 1.96. The molecule has 6 nitrogen and oxygen atoms in total. The van der Waals surface area contributed by atoms with Crippen LogP contribution < -0.4 is 5.73 Å². The van der Waals surface area contributed by atoms with Crippen molar-refractivity contribution >= 4 is 23.4 Å². The van der Waals surface area contributed by atoms with Crippen molar-refractivity contribution < 1.29 is 23.9 Å². The maximum Gasteiger partial charge on any atom is 0.324 e. The molecule has 1 fully saturated rings. The number of para-hydroxylation sites is 1. The topological polar surface area (TPSA) is 95.7 Å². The van der Waals surface area contributed by atoms with E-state index in [9.17, 15) is 14.4 Å². The van der Waals surface area contributed by atoms with E-state index < -0.39 is 29.4 Å². The molecule has 20 heavy (non-hydrogen) atoms. The van der Waals surface area contributed by atoms with Gasteiger partial charge in [0.15, 0.2) is 11.7 Å². The quantitative estimate of drug-likeness (QED) is 0.387. The van der Waals surface area contributed by atoms with Gasteiger partial charge in [-0.15, -0.1) is 0 Å². The van der Waals surface area contributed by atoms with E-state index in [0.29, 0.717) is 5.69 Å². The lowest BCUT2D eigenvalue weighted by Crippen LogP contribution is -2.46. The Balaban J connectivity index is 2.14. The molecular formula is C14H15NO5. The first kappa shape index (κ1) is 14.0. The first-order valence-electron chi connectivity index (χ1n) is 6.13. The highest BCUT2D eigenvalue weighted by Gasteiger charge is 2.44. The van der Waals surface area contributed by atoms with Gasteiger partial charge in [-0.05, 0) is 12.1 Å². The van der Waals surface area contributed by atoms with Crippen LogP contribution in [0.5, 0.6) is 0 Å². The Kier molecular flexibility index (Phi) is 3.48. The number of nitrogen functional groups attached to an aromatic ring is 1. The van der Waals surface area contributed by atoms with Gasteiger partial charge in [-0.1, -0.05) is 12.1 Å². The molecule has 1 aliphatic rings. The lowest BCUT2D eigenvalue weighted by molar-refractivity contribution is -0.239. The first-order valence-corrected chi connectivity index (χ1v) is 6.13. The van der Waals surface area contributed by atoms with Crippen LogP contribution in [0.1, 0.15) is 30.6 Å². The van der Waals surface area contributed by atoms with E-state index in [1.54, 1.807) is 24.3 Å². The van der Waals surface area contributed by atoms with Gasteiger partial charge in [0.1, 0.15) is 0 Å². The Morgan fingerprint density at radius 3 is 2.30 bits per heavy atom. The number of anilines is 1. The van der Waals surface area contributed by atoms with Crippen molar-refractivity contribution in [3.05, 3.63) is 29.8 Å². The number of esters is 2. The van der Waals surface area contributed by atoms with Crippen molar-refractivity contribution in [2.75, 3.05) is 5.73 Å². The maximum absolute atomic E-state index is 12.1. The molecule has 0 bridgehead atoms. The van der Waals surface area contributed by atoms with Crippen molar-refractivity contribution in [1.29, 1.82) is 0 Å². The van der Waals surface area contributed by atoms with Gasteiger partial charge in [-0.2, -0.15) is 0 Å². The lowest BCUT2D eigenvalue weighted by atomic mass is 9.96. The highest BCUT2D eigenvalue weighted by atomic mass is 16.7. The fourth-order valence-electron chi connectivity index (χ4n) is 1.96. The Hall–Kier alpha value is -2.37. The van der Waals surface area contributed by atoms with Crippen LogP contribution >= 0.6 is 0 Å². The fraction of sp³-hybridized carbons (Fsp3) is 0.357. The highest BCUT2D eigenvalue weighted by Crippen LogP contribution is 2.26. The smallest absolute Gasteiger partial charge is 0.324 e. The summed E-state index contributed by atoms with van der Waals surface area (Å²) in [5.74, 6) is -4.44. The van der Waals surface area contributed by atoms with E-state index >= 15 is 0 Å². The normalized spacial score (nSPS) is 18.3. The number of hydrogen-bond donors (Lipinski definition) is 1. The first-order chi connectivity index (χ1) is 9.30. The average Bonchev–Trinajstić information content (AvgIpc) is 2.33. The molecule has 2 rings (SSSR count). The number of carbonyl (C=O) groups excluding carboxylic acids is 3. The molecule has 0 saturated carbocycles. The number of rotatable bonds is 3. The molecule has 1 saturated heterocycles. The number of cyclic esters (lactones) is 2. The van der Waals surface area contributed by atoms with Gasteiger partial charge in [0.05, 0.1) is 0 Å². The second-order valence-electron chi connectivity index (χ2n) is 5.01. The van der Waals surface area contributed by atoms with Crippen LogP contribution in [0.25, 0.3) is 0 Å². The number of benzene rings is 1. The van der Waals surface area contributed by atoms with Gasteiger partial charge in [0.2, 0.25) is 0 Å². The summed E-state index contributed by atoms with van der Waals surface area (Å²) in [6.07, 6.45) is -0.318. The minimum absolute atomic E-state index is 0.276. The van der Waals surface area contributed by atoms with Crippen molar-refractivity contribution in [3.8, 4) is 0 Å². The summed E-state index contributed by atoms with van der Waals surface area (Å²) < 4.78 is 9.92. The molecule has 106 valence electrons. The van der Waals surface area contributed by atoms with Crippen LogP contribution in [-0.2, 0) is 19.1 Å². The molecule has 1 aromatic rings. The van der Waals surface area contributed by atoms with Gasteiger partial charge in [0, 0.05) is 31.5 Å². The number of nitrogens with two attached hydrogens (primary N) is 1. The SMILES string of the molecule is CC1(C)OC(=O)C(CC(=O)c2ccccc2N)C(=O)O1. The van der Waals surface area contributed by atoms with Crippen LogP contribution in [0, 0.1) is 5.92 Å². The van der Waals surface area contributed by atoms with E-state index in [1.807, 2.05) is 0 Å². The van der Waals surface area contributed by atoms with Crippen LogP contribution in [0.15, 0.2) is 24.3 Å². The molecule has 6 heteroatoms. The minimum atomic E-state index is -1.29. The average molecular weight is 277 g/mol. The third-order valence-electron chi connectivity index (χ3n) is 2.91. The molecule has 0 aromatic heterocycles. The number of ketones is 1. The minimum Gasteiger partial charge on any atom is -0.422 e. The monoisotopic (exact) mass is 277 g/mol. The summed E-state index contributed by atoms with van der Waals surface area (Å²) >= 11 is 0. The second kappa shape index (κ2) is 4.96. The van der Waals surface area contributed by atoms with Crippen molar-refractivity contribution in [2.24, 2.45) is 5.92 Å². The molecule has 0 radical (unpaired) electrons. The summed E-state index contributed by atoms with van der Waals surface area (Å²) in [4.78, 5) is 35.6. The van der Waals surface area contributed by atoms with Gasteiger partial charge < -0.3 is 15.2 Å². The van der Waals surface area contributed by atoms with Crippen molar-refractivity contribution in [1.82, 2.24) is 0 Å². The van der Waals surface area contributed by atoms with E-state index in [1.165, 1.54) is 13.8 Å². The van der Waals surface area contributed by atoms with Gasteiger partial charge in [-0.3, -0.25) is 14.4 Å². The molecule has 1 heterocycles. The Morgan fingerprint density at radius 1 is 1.20 bits per heavy atom. The lowest BCUT2D eigenvalue weighted by Gasteiger charge is -2.32. The van der Waals surface area contributed by atoms with Gasteiger partial charge in [-0.25, -0.2) is 0 Å². The zero-order valence-electron chi connectivity index (χ0n) is 11.2. The summed E-state index contributed by atoms with van der Waals surface area (Å²) in [6, 6.07) is 6.47. The standard InChI is InChI=1S/C14H15NO5/c1-14(2)19-12(17)9(13(18)20-14)7-11(16)8-5-3-4-6-10(8)15/h3-6,9H,7,15H2,1-2H3. The van der Waals surface area contributed by atoms with Gasteiger partial charge >= 0.3 is 11.9 Å². The maximum atomic E-state index is 12.1. The molecular weight excluding hydrogens is 262 g/mol. The van der Waals surface area contributed by atoms with E-state index in [2.05, 4.69) is 0 Å². The van der Waals surface area contributed by atoms with Crippen molar-refractivity contribution in [3.63, 3.8) is 0 Å². The van der Waals surface area contributed by atoms with Crippen molar-refractivity contribution in [2.45, 2.75) is 26.1 Å². The molecule has 2 N–H and O–H groups in total. The molecule has 0 unspecified atom stereocenters. The molecule has 0 spiro atoms. The van der Waals surface area contributed by atoms with Crippen LogP contribution in [0.2, 0.25) is 0 Å². The van der Waals surface area contributed by atoms with E-state index in [4.69, 9.17) is 15.2 Å². The summed E-state index contributed by atoms with van der Waals surface area (Å²) in [7, 11) is 0. The van der Waals surface area contributed by atoms with Crippen LogP contribution in [-0.4, -0.2) is 23.5 Å². The van der Waals surface area contributed by atoms with Crippen LogP contribution in [0.3, 0.4) is 0 Å². The number of ether oxygens (including phenoxy) is 2. The number of carbonyl (C=O) groups is 3. The predicted octanol–water partition coefficient (Wildman–Crippen LogP) is 1.29. The number of hydrogen-bond acceptors (Lipinski definition) is 6. The third-order valence-corrected chi connectivity index (χ3v) is 2.91. The molecule has 0 atom stereocenters. The highest BCUT2D eigenvalue weighted by molar-refractivity contribution is 6.07. The zero-order valence-corrected chi connectivity index (χ0v) is 11.2. The summed E-state index contributed by atoms with van der Waals surface area (Å²) in [5.41, 5.74) is 6.26. The number of Topliss-reactive ketones (excluding diaryl/α,β-unsaturated/α-hetero) is 1. The van der Waals surface area contributed by atoms with Gasteiger partial charge in [0.25, 0.3) is 5.79 Å². The summed E-state index contributed by atoms with van der Waals surface area (Å²) in [5, 5.41) is 0. The second-order valence-corrected chi connectivity index (χ2v) is 5.01. The van der Waals surface area contributed by atoms with E-state index in [0.717, 1.165) is 0 Å². The molecule has 0 amide bonds. The Morgan fingerprint density at radius 2 is 1.75 bits per heavy atom. The third kappa shape index (κ3) is 2.79. The Bertz CT molecular complexity index is 559.